The lowest BCUT2D eigenvalue weighted by molar-refractivity contribution is -0.144. The van der Waals surface area contributed by atoms with Gasteiger partial charge in [0.1, 0.15) is 86.3 Å². The molecule has 8 fully saturated rings. The van der Waals surface area contributed by atoms with E-state index in [0.29, 0.717) is 156 Å². The van der Waals surface area contributed by atoms with Gasteiger partial charge >= 0.3 is 5.97 Å². The third-order valence-electron chi connectivity index (χ3n) is 24.4. The highest BCUT2D eigenvalue weighted by Gasteiger charge is 2.54. The number of nitriles is 2. The number of likely N-dealkylation sites (N-methyl/N-ethyl adjacent to an activating group) is 2. The van der Waals surface area contributed by atoms with Crippen LogP contribution in [0.1, 0.15) is 180 Å². The number of alkyl halides is 6. The number of fused-ring (bicyclic) bond motifs is 4. The average Bonchev–Trinajstić information content (AvgIpc) is 1.61. The van der Waals surface area contributed by atoms with Crippen LogP contribution in [0.5, 0.6) is 11.8 Å². The number of methoxy groups -OCH3 is 2. The molecule has 8 aliphatic rings. The number of carbonyl (C=O) groups excluding carboxylic acids is 1. The van der Waals surface area contributed by atoms with E-state index >= 15 is 4.39 Å². The molecule has 50 heteroatoms. The quantitative estimate of drug-likeness (QED) is 0.0221. The van der Waals surface area contributed by atoms with E-state index in [1.165, 1.54) is 54.6 Å². The minimum Gasteiger partial charge on any atom is -0.480 e. The maximum absolute atomic E-state index is 15.2. The second-order valence-corrected chi connectivity index (χ2v) is 38.0. The molecule has 6 aromatic heterocycles. The number of H-pyrrole nitrogens is 3. The number of ether oxygens (including phenoxy) is 2. The standard InChI is InChI=1S/C24H28F2N6O2.C14H15F2N3O2.C14H14F2N2O2.2C11H7BrF2N2O.C10H15N3O.C7H4BrFN2.C4H5FO2.C2H7NO.CH4O.CH4.ClH/c1-31(11-12-33)16-13-17-20(18(25)14-16)29-23(24(26)5-6-24)30-21(17)32-9-3-15(4-10-32)19-22(34-2)28-8-7-27-19;1-19(4-5-20)8-6-9-11(10(15)7-8)17-13(18-12(9)21)14(16)2-3-14;15-10-7-8(2-1-5-19)6-9-11(10)17-13(18-12(9)20)14(16)3-4-14;12-5-3-6-8(7(13)4-5)15-10(16-9(6)17)11(14)1-2-11;12-7-3-6(5-15)9(8(13)4-7)16-10(17)11(14)1-2-11;1-14-10-9(12-6-7-13-10)8-2-4-11-5-3-8;8-5-1-4(3-10)7(11)6(9)2-5;5-4(1-2-4)3(6)7;3-1-2-4;1-2;;/h7-8,13-15,33H,3-6,9-12H2,1-2H3;6-7,20H,2-5H2,1H3,(H,17,18,21);6-7,19H,1-5H2,(H,17,18,20);3-4H,1-2H2,(H,15,16,17);3-4H,1-2H2,(H,16,17);6-8,11H,2-5H2,1H3;1-2H,11H2;1-2H2,(H,6,7);4H,1-3H2;2H,1H3;1H4;1H. The fourth-order valence-corrected chi connectivity index (χ4v) is 16.3. The summed E-state index contributed by atoms with van der Waals surface area (Å²) in [6, 6.07) is 20.1. The first-order chi connectivity index (χ1) is 70.0. The minimum absolute atomic E-state index is 0. The van der Waals surface area contributed by atoms with Crippen molar-refractivity contribution in [3.8, 4) is 23.9 Å². The zero-order valence-corrected chi connectivity index (χ0v) is 86.0. The molecule has 2 saturated heterocycles. The van der Waals surface area contributed by atoms with Crippen molar-refractivity contribution in [3.63, 3.8) is 0 Å². The van der Waals surface area contributed by atoms with E-state index in [-0.39, 0.29) is 162 Å². The van der Waals surface area contributed by atoms with E-state index in [4.69, 9.17) is 57.0 Å². The average molecular weight is 2310 g/mol. The molecule has 34 nitrogen and oxygen atoms in total. The fourth-order valence-electron chi connectivity index (χ4n) is 15.0. The molecule has 0 bridgehead atoms. The zero-order chi connectivity index (χ0) is 107. The summed E-state index contributed by atoms with van der Waals surface area (Å²) in [6.45, 7) is 4.41. The van der Waals surface area contributed by atoms with Crippen molar-refractivity contribution in [2.24, 2.45) is 5.73 Å². The molecule has 149 heavy (non-hydrogen) atoms. The molecule has 6 saturated carbocycles. The molecule has 802 valence electrons. The molecular weight excluding hydrogens is 2190 g/mol. The Morgan fingerprint density at radius 2 is 0.899 bits per heavy atom. The Hall–Kier alpha value is -12.4. The topological polar surface area (TPSA) is 522 Å². The Kier molecular flexibility index (Phi) is 42.6. The number of halogens is 16. The number of aromatic nitrogens is 12. The highest BCUT2D eigenvalue weighted by atomic mass is 79.9. The summed E-state index contributed by atoms with van der Waals surface area (Å²) in [5, 5.41) is 73.3. The van der Waals surface area contributed by atoms with Gasteiger partial charge in [-0.25, -0.2) is 92.4 Å². The number of piperidine rings is 2. The summed E-state index contributed by atoms with van der Waals surface area (Å²) in [5.41, 5.74) is 1.38. The molecular formula is C99H111Br3ClF12N21O13. The summed E-state index contributed by atoms with van der Waals surface area (Å²) < 4.78 is 177. The van der Waals surface area contributed by atoms with Gasteiger partial charge < -0.3 is 91.9 Å². The summed E-state index contributed by atoms with van der Waals surface area (Å²) in [7, 11) is 7.69. The lowest BCUT2D eigenvalue weighted by atomic mass is 9.93. The number of rotatable bonds is 22. The number of hydrogen-bond acceptors (Lipinski definition) is 29. The van der Waals surface area contributed by atoms with E-state index in [0.717, 1.165) is 63.3 Å². The van der Waals surface area contributed by atoms with Gasteiger partial charge in [0, 0.05) is 127 Å². The zero-order valence-electron chi connectivity index (χ0n) is 80.4. The monoisotopic (exact) mass is 2300 g/mol. The van der Waals surface area contributed by atoms with Crippen molar-refractivity contribution in [1.29, 1.82) is 10.5 Å². The molecule has 12 aromatic rings. The van der Waals surface area contributed by atoms with Crippen LogP contribution in [-0.2, 0) is 38.7 Å². The van der Waals surface area contributed by atoms with E-state index in [9.17, 15) is 77.4 Å². The van der Waals surface area contributed by atoms with Crippen LogP contribution >= 0.6 is 60.2 Å². The summed E-state index contributed by atoms with van der Waals surface area (Å²) in [5.74, 6) is -3.79. The number of carboxylic acid groups (broad SMARTS) is 1. The number of aromatic amines is 3. The van der Waals surface area contributed by atoms with Crippen LogP contribution in [0, 0.1) is 57.6 Å². The molecule has 1 amide bonds. The van der Waals surface area contributed by atoms with Gasteiger partial charge in [0.25, 0.3) is 22.6 Å². The van der Waals surface area contributed by atoms with E-state index in [2.05, 4.69) is 123 Å². The van der Waals surface area contributed by atoms with Gasteiger partial charge in [-0.1, -0.05) is 55.2 Å². The van der Waals surface area contributed by atoms with Gasteiger partial charge in [-0.05, 0) is 207 Å². The van der Waals surface area contributed by atoms with Crippen LogP contribution in [0.4, 0.5) is 81.3 Å². The smallest absolute Gasteiger partial charge is 0.341 e. The predicted molar refractivity (Wildman–Crippen MR) is 547 cm³/mol. The second-order valence-electron chi connectivity index (χ2n) is 35.3. The maximum atomic E-state index is 15.2. The molecule has 8 heterocycles. The Labute approximate surface area is 877 Å². The number of nitrogens with two attached hydrogens (primary N) is 2. The highest BCUT2D eigenvalue weighted by Crippen LogP contribution is 2.52. The van der Waals surface area contributed by atoms with Gasteiger partial charge in [-0.15, -0.1) is 12.4 Å². The number of nitrogens with zero attached hydrogens (tertiary/aromatic N) is 14. The molecule has 0 spiro atoms. The van der Waals surface area contributed by atoms with E-state index in [1.807, 2.05) is 6.07 Å². The number of amides is 1. The number of aryl methyl sites for hydroxylation is 1. The SMILES string of the molecule is C.CN(CCO)c1cc(F)c2nc(C3(F)CC3)[nH]c(=O)c2c1.CO.COc1nccnc1C1CCN(c2nc(C3(F)CC3)nc3c(F)cc(N(C)CCO)cc23)CC1.COc1nccnc1C1CCNCC1.Cl.N#Cc1cc(Br)cc(F)c1N.N#Cc1cc(Br)cc(F)c1NC(=O)C1(F)CC1.NCCO.O=C(O)C1(F)CC1.O=c1[nH]c(C2(F)CC2)nc2c(F)cc(Br)cc12.O=c1[nH]c(C2(F)CC2)nc2c(F)cc(CCCO)cc12. The first-order valence-corrected chi connectivity index (χ1v) is 48.6. The summed E-state index contributed by atoms with van der Waals surface area (Å²) >= 11 is 9.16. The van der Waals surface area contributed by atoms with Gasteiger partial charge in [-0.2, -0.15) is 10.5 Å². The van der Waals surface area contributed by atoms with Crippen molar-refractivity contribution >= 4 is 144 Å². The van der Waals surface area contributed by atoms with Crippen molar-refractivity contribution in [3.05, 3.63) is 228 Å². The second kappa shape index (κ2) is 52.8. The number of aliphatic hydroxyl groups excluding tert-OH is 5. The van der Waals surface area contributed by atoms with Gasteiger partial charge in [0.05, 0.1) is 72.7 Å². The van der Waals surface area contributed by atoms with Crippen molar-refractivity contribution in [2.45, 2.75) is 169 Å². The lowest BCUT2D eigenvalue weighted by Crippen LogP contribution is -2.34. The number of anilines is 5. The molecule has 20 rings (SSSR count). The third-order valence-corrected chi connectivity index (χ3v) is 25.8. The van der Waals surface area contributed by atoms with Crippen molar-refractivity contribution < 1.29 is 102 Å². The Balaban J connectivity index is 0.000000193. The number of hydrogen-bond donors (Lipinski definition) is 13. The largest absolute Gasteiger partial charge is 0.480 e. The molecule has 0 atom stereocenters. The number of nitrogens with one attached hydrogen (secondary N) is 5. The Morgan fingerprint density at radius 1 is 0.510 bits per heavy atom. The minimum atomic E-state index is -1.90. The summed E-state index contributed by atoms with van der Waals surface area (Å²) in [6.07, 6.45) is 14.6. The molecule has 15 N–H and O–H groups in total. The highest BCUT2D eigenvalue weighted by molar-refractivity contribution is 9.11. The number of nitrogen functional groups attached to an aromatic ring is 1. The van der Waals surface area contributed by atoms with Gasteiger partial charge in [0.15, 0.2) is 51.6 Å². The van der Waals surface area contributed by atoms with E-state index < -0.39 is 97.5 Å². The first-order valence-electron chi connectivity index (χ1n) is 46.3. The number of benzene rings is 6. The summed E-state index contributed by atoms with van der Waals surface area (Å²) in [4.78, 5) is 108. The number of aliphatic carboxylic acids is 1. The predicted octanol–water partition coefficient (Wildman–Crippen LogP) is 15.6. The molecule has 0 radical (unpaired) electrons. The fraction of sp³-hybridized carbons (Fsp3) is 0.434. The number of aliphatic hydroxyl groups is 5. The molecule has 6 aliphatic carbocycles. The van der Waals surface area contributed by atoms with Crippen LogP contribution in [0.3, 0.4) is 0 Å². The maximum Gasteiger partial charge on any atom is 0.341 e. The van der Waals surface area contributed by atoms with Crippen molar-refractivity contribution in [1.82, 2.24) is 65.1 Å². The van der Waals surface area contributed by atoms with Crippen LogP contribution in [0.25, 0.3) is 43.6 Å². The number of carbonyl (C=O) groups is 2. The third kappa shape index (κ3) is 30.7. The molecule has 6 aromatic carbocycles. The normalized spacial score (nSPS) is 16.1. The van der Waals surface area contributed by atoms with Crippen LogP contribution < -0.4 is 63.0 Å². The van der Waals surface area contributed by atoms with Gasteiger partial charge in [0.2, 0.25) is 17.4 Å². The lowest BCUT2D eigenvalue weighted by Gasteiger charge is -2.33. The Bertz CT molecular complexity index is 7010. The first kappa shape index (κ1) is 120. The number of carboxylic acids is 1. The van der Waals surface area contributed by atoms with Crippen molar-refractivity contribution in [2.75, 3.05) is 133 Å². The van der Waals surface area contributed by atoms with E-state index in [1.54, 1.807) is 81.1 Å². The Morgan fingerprint density at radius 3 is 1.31 bits per heavy atom. The molecule has 0 unspecified atom stereocenters. The van der Waals surface area contributed by atoms with Crippen LogP contribution in [0.2, 0.25) is 0 Å². The van der Waals surface area contributed by atoms with Crippen LogP contribution in [-0.4, -0.2) is 221 Å². The molecule has 2 aliphatic heterocycles. The van der Waals surface area contributed by atoms with Gasteiger partial charge in [-0.3, -0.25) is 29.1 Å². The van der Waals surface area contributed by atoms with Crippen LogP contribution in [0.15, 0.2) is 125 Å².